The lowest BCUT2D eigenvalue weighted by Crippen LogP contribution is -2.52. The van der Waals surface area contributed by atoms with E-state index in [1.54, 1.807) is 16.8 Å². The number of Topliss-reactive ketones (excluding diaryl/α,β-unsaturated/α-hetero) is 1. The maximum absolute atomic E-state index is 15.5. The minimum Gasteiger partial charge on any atom is -0.369 e. The van der Waals surface area contributed by atoms with E-state index in [-0.39, 0.29) is 54.1 Å². The third-order valence-electron chi connectivity index (χ3n) is 15.8. The van der Waals surface area contributed by atoms with Gasteiger partial charge in [0, 0.05) is 94.2 Å². The van der Waals surface area contributed by atoms with Crippen LogP contribution in [0.1, 0.15) is 127 Å². The van der Waals surface area contributed by atoms with Crippen LogP contribution in [0.3, 0.4) is 0 Å². The van der Waals surface area contributed by atoms with E-state index in [0.717, 1.165) is 132 Å². The normalized spacial score (nSPS) is 21.7. The maximum atomic E-state index is 15.5. The monoisotopic (exact) mass is 914 g/mol. The first-order chi connectivity index (χ1) is 32.5. The molecule has 10 rings (SSSR count). The molecule has 4 aromatic rings. The Balaban J connectivity index is 0.646. The molecule has 3 aromatic heterocycles. The summed E-state index contributed by atoms with van der Waals surface area (Å²) < 4.78 is 17.3. The maximum Gasteiger partial charge on any atom is 0.263 e. The predicted octanol–water partition coefficient (Wildman–Crippen LogP) is 5.44. The molecule has 5 aliphatic heterocycles. The number of hydrogen-bond donors (Lipinski definition) is 1. The van der Waals surface area contributed by atoms with Gasteiger partial charge in [0.25, 0.3) is 11.5 Å². The highest BCUT2D eigenvalue weighted by atomic mass is 19.1. The average Bonchev–Trinajstić information content (AvgIpc) is 3.97. The number of aromatic nitrogens is 4. The molecule has 1 atom stereocenters. The van der Waals surface area contributed by atoms with Crippen molar-refractivity contribution in [1.29, 1.82) is 0 Å². The van der Waals surface area contributed by atoms with E-state index in [1.165, 1.54) is 37.2 Å². The number of amides is 3. The van der Waals surface area contributed by atoms with Gasteiger partial charge in [0.1, 0.15) is 23.3 Å². The zero-order valence-electron chi connectivity index (χ0n) is 39.0. The van der Waals surface area contributed by atoms with E-state index in [0.29, 0.717) is 40.6 Å². The van der Waals surface area contributed by atoms with Gasteiger partial charge in [0.2, 0.25) is 11.8 Å². The zero-order valence-corrected chi connectivity index (χ0v) is 39.0. The highest BCUT2D eigenvalue weighted by molar-refractivity contribution is 6.05. The second kappa shape index (κ2) is 19.2. The minimum atomic E-state index is -0.709. The number of nitrogens with one attached hydrogen (secondary N) is 1. The second-order valence-electron chi connectivity index (χ2n) is 20.0. The summed E-state index contributed by atoms with van der Waals surface area (Å²) in [6, 6.07) is 6.68. The first-order valence-electron chi connectivity index (χ1n) is 24.8. The molecule has 1 N–H and O–H groups in total. The Kier molecular flexibility index (Phi) is 12.9. The van der Waals surface area contributed by atoms with Crippen LogP contribution in [-0.4, -0.2) is 129 Å². The zero-order chi connectivity index (χ0) is 46.3. The molecule has 1 unspecified atom stereocenters. The number of aryl methyl sites for hydroxylation is 1. The molecule has 6 aliphatic rings. The molecule has 4 saturated heterocycles. The van der Waals surface area contributed by atoms with Gasteiger partial charge in [0.15, 0.2) is 5.78 Å². The summed E-state index contributed by atoms with van der Waals surface area (Å²) >= 11 is 0. The van der Waals surface area contributed by atoms with Crippen LogP contribution in [0, 0.1) is 24.6 Å². The molecule has 354 valence electrons. The number of nitrogens with zero attached hydrogens (tertiary/aromatic N) is 9. The van der Waals surface area contributed by atoms with E-state index in [4.69, 9.17) is 9.97 Å². The Labute approximate surface area is 391 Å². The lowest BCUT2D eigenvalue weighted by molar-refractivity contribution is -0.136. The number of carbonyl (C=O) groups is 4. The lowest BCUT2D eigenvalue weighted by Gasteiger charge is -2.39. The summed E-state index contributed by atoms with van der Waals surface area (Å²) in [6.45, 7) is 13.5. The van der Waals surface area contributed by atoms with Crippen molar-refractivity contribution in [2.75, 3.05) is 75.2 Å². The van der Waals surface area contributed by atoms with Crippen LogP contribution >= 0.6 is 0 Å². The average molecular weight is 915 g/mol. The van der Waals surface area contributed by atoms with Crippen molar-refractivity contribution in [1.82, 2.24) is 39.5 Å². The lowest BCUT2D eigenvalue weighted by atomic mass is 9.82. The Hall–Kier alpha value is -5.61. The quantitative estimate of drug-likeness (QED) is 0.142. The second-order valence-corrected chi connectivity index (χ2v) is 20.0. The third kappa shape index (κ3) is 9.35. The first kappa shape index (κ1) is 45.2. The fourth-order valence-electron chi connectivity index (χ4n) is 11.9. The molecule has 8 heterocycles. The van der Waals surface area contributed by atoms with Crippen LogP contribution in [0.4, 0.5) is 15.8 Å². The minimum absolute atomic E-state index is 0.0446. The molecule has 1 aliphatic carbocycles. The highest BCUT2D eigenvalue weighted by Gasteiger charge is 2.40. The number of fused-ring (bicyclic) bond motifs is 2. The van der Waals surface area contributed by atoms with Crippen molar-refractivity contribution in [3.05, 3.63) is 86.6 Å². The summed E-state index contributed by atoms with van der Waals surface area (Å²) in [5.41, 5.74) is 4.86. The van der Waals surface area contributed by atoms with Crippen molar-refractivity contribution in [3.63, 3.8) is 0 Å². The van der Waals surface area contributed by atoms with Gasteiger partial charge in [-0.25, -0.2) is 14.4 Å². The van der Waals surface area contributed by atoms with E-state index in [1.807, 2.05) is 13.1 Å². The van der Waals surface area contributed by atoms with Crippen molar-refractivity contribution in [2.24, 2.45) is 11.8 Å². The van der Waals surface area contributed by atoms with Gasteiger partial charge in [-0.05, 0) is 126 Å². The molecule has 1 saturated carbocycles. The Morgan fingerprint density at radius 1 is 0.806 bits per heavy atom. The Morgan fingerprint density at radius 3 is 2.18 bits per heavy atom. The van der Waals surface area contributed by atoms with Crippen LogP contribution in [0.5, 0.6) is 0 Å². The standard InChI is InChI=1S/C51H63FN10O5/c1-32-41-30-54-45(55-48(41)62(38-5-3-4-6-38)51(67)47(32)33(2)63)27-37-7-8-39(29-53-37)59-23-21-58(22-24-59)20-19-57-15-11-34(12-16-57)25-35-13-17-60(18-14-35)44-26-36-31-61(50(66)40(36)28-42(44)52)43-9-10-46(64)56-49(43)65/h7-8,26,28-30,34-35,38,43H,3-6,9-25,27,31H2,1-2H3,(H,56,64,65). The highest BCUT2D eigenvalue weighted by Crippen LogP contribution is 2.37. The number of halogens is 1. The SMILES string of the molecule is CC(=O)c1c(C)c2cnc(Cc3ccc(N4CCN(CCN5CCC(CC6CCN(c7cc8c(cc7F)C(=O)N(C7CCC(=O)NC7=O)C8)CC6)CC5)CC4)cn3)nc2n(C2CCCC2)c1=O. The summed E-state index contributed by atoms with van der Waals surface area (Å²) in [6.07, 6.45) is 14.3. The summed E-state index contributed by atoms with van der Waals surface area (Å²) in [5, 5.41) is 3.09. The fourth-order valence-corrected chi connectivity index (χ4v) is 11.9. The van der Waals surface area contributed by atoms with Gasteiger partial charge in [0.05, 0.1) is 29.6 Å². The van der Waals surface area contributed by atoms with Crippen LogP contribution in [0.15, 0.2) is 41.5 Å². The Bertz CT molecular complexity index is 2610. The van der Waals surface area contributed by atoms with Gasteiger partial charge < -0.3 is 19.6 Å². The molecule has 3 amide bonds. The van der Waals surface area contributed by atoms with Crippen LogP contribution in [0.2, 0.25) is 0 Å². The summed E-state index contributed by atoms with van der Waals surface area (Å²) in [5.74, 6) is 0.225. The van der Waals surface area contributed by atoms with Gasteiger partial charge in [-0.2, -0.15) is 0 Å². The molecule has 1 aromatic carbocycles. The Morgan fingerprint density at radius 2 is 1.51 bits per heavy atom. The van der Waals surface area contributed by atoms with E-state index in [2.05, 4.69) is 42.0 Å². The molecule has 67 heavy (non-hydrogen) atoms. The molecule has 0 radical (unpaired) electrons. The summed E-state index contributed by atoms with van der Waals surface area (Å²) in [4.78, 5) is 89.0. The number of anilines is 2. The van der Waals surface area contributed by atoms with Crippen molar-refractivity contribution in [2.45, 2.75) is 110 Å². The van der Waals surface area contributed by atoms with Crippen LogP contribution < -0.4 is 20.7 Å². The topological polar surface area (TPSA) is 157 Å². The van der Waals surface area contributed by atoms with E-state index in [9.17, 15) is 24.0 Å². The molecular formula is C51H63FN10O5. The van der Waals surface area contributed by atoms with E-state index < -0.39 is 17.8 Å². The van der Waals surface area contributed by atoms with Crippen molar-refractivity contribution >= 4 is 45.9 Å². The molecule has 0 spiro atoms. The molecule has 5 fully saturated rings. The molecular weight excluding hydrogens is 852 g/mol. The van der Waals surface area contributed by atoms with Crippen LogP contribution in [0.25, 0.3) is 11.0 Å². The third-order valence-corrected chi connectivity index (χ3v) is 15.8. The summed E-state index contributed by atoms with van der Waals surface area (Å²) in [7, 11) is 0. The predicted molar refractivity (Wildman–Crippen MR) is 253 cm³/mol. The number of ketones is 1. The number of rotatable bonds is 12. The molecule has 15 nitrogen and oxygen atoms in total. The van der Waals surface area contributed by atoms with Gasteiger partial charge in [-0.1, -0.05) is 12.8 Å². The number of piperidine rings is 3. The first-order valence-corrected chi connectivity index (χ1v) is 24.8. The number of likely N-dealkylation sites (tertiary alicyclic amines) is 1. The number of pyridine rings is 2. The van der Waals surface area contributed by atoms with Gasteiger partial charge in [-0.3, -0.25) is 43.7 Å². The number of piperazine rings is 1. The molecule has 0 bridgehead atoms. The van der Waals surface area contributed by atoms with Crippen molar-refractivity contribution < 1.29 is 23.6 Å². The smallest absolute Gasteiger partial charge is 0.263 e. The number of imide groups is 1. The number of hydrogen-bond acceptors (Lipinski definition) is 12. The van der Waals surface area contributed by atoms with Crippen molar-refractivity contribution in [3.8, 4) is 0 Å². The largest absolute Gasteiger partial charge is 0.369 e. The molecule has 16 heteroatoms. The fraction of sp³-hybridized carbons (Fsp3) is 0.569. The van der Waals surface area contributed by atoms with Gasteiger partial charge >= 0.3 is 0 Å². The van der Waals surface area contributed by atoms with Gasteiger partial charge in [-0.15, -0.1) is 0 Å². The van der Waals surface area contributed by atoms with E-state index >= 15 is 4.39 Å². The van der Waals surface area contributed by atoms with Crippen LogP contribution in [-0.2, 0) is 22.6 Å². The number of benzene rings is 1. The number of carbonyl (C=O) groups excluding carboxylic acids is 4.